The van der Waals surface area contributed by atoms with Crippen molar-refractivity contribution < 1.29 is 54.1 Å². The molecule has 4 saturated carbocycles. The number of hydrogen-bond acceptors (Lipinski definition) is 7. The fourth-order valence-electron chi connectivity index (χ4n) is 9.15. The third-order valence-corrected chi connectivity index (χ3v) is 13.3. The summed E-state index contributed by atoms with van der Waals surface area (Å²) in [5, 5.41) is 11.5. The highest BCUT2D eigenvalue weighted by Crippen LogP contribution is 2.50. The molecule has 0 radical (unpaired) electrons. The Morgan fingerprint density at radius 3 is 1.65 bits per heavy atom. The normalized spacial score (nSPS) is 21.8. The quantitative estimate of drug-likeness (QED) is 0.0817. The topological polar surface area (TPSA) is 122 Å². The Hall–Kier alpha value is -5.28. The minimum Gasteiger partial charge on any atom is -0.481 e. The third kappa shape index (κ3) is 15.6. The summed E-state index contributed by atoms with van der Waals surface area (Å²) >= 11 is 6.36. The van der Waals surface area contributed by atoms with E-state index in [2.05, 4.69) is 46.7 Å². The molecular weight excluding hydrogens is 1010 g/mol. The van der Waals surface area contributed by atoms with Gasteiger partial charge in [0.15, 0.2) is 0 Å². The molecule has 0 aromatic heterocycles. The first-order chi connectivity index (χ1) is 31.9. The highest BCUT2D eigenvalue weighted by atomic mass is 79.9. The average molecular weight is 1080 g/mol. The minimum atomic E-state index is -1.40. The molecule has 68 heavy (non-hydrogen) atoms. The molecule has 0 heterocycles. The Morgan fingerprint density at radius 1 is 0.691 bits per heavy atom. The number of rotatable bonds is 12. The molecular formula is C53H62Br2F4N2O7. The van der Waals surface area contributed by atoms with Crippen LogP contribution in [0.25, 0.3) is 12.2 Å². The number of carbonyl (C=O) groups excluding carboxylic acids is 3. The lowest BCUT2D eigenvalue weighted by atomic mass is 9.87. The number of halogens is 6. The number of methoxy groups -OCH3 is 2. The van der Waals surface area contributed by atoms with E-state index in [4.69, 9.17) is 7.85 Å². The maximum absolute atomic E-state index is 14.8. The molecule has 8 atom stereocenters. The van der Waals surface area contributed by atoms with Crippen LogP contribution in [0.4, 0.5) is 28.9 Å². The van der Waals surface area contributed by atoms with E-state index in [0.717, 1.165) is 50.2 Å². The number of anilines is 2. The third-order valence-electron chi connectivity index (χ3n) is 12.3. The number of aliphatic carboxylic acids is 1. The van der Waals surface area contributed by atoms with E-state index in [1.165, 1.54) is 105 Å². The van der Waals surface area contributed by atoms with E-state index in [0.29, 0.717) is 37.6 Å². The molecule has 4 aromatic carbocycles. The van der Waals surface area contributed by atoms with E-state index in [1.54, 1.807) is 18.2 Å². The number of carboxylic acid groups (broad SMARTS) is 1. The van der Waals surface area contributed by atoms with Crippen molar-refractivity contribution in [3.8, 4) is 0 Å². The molecule has 4 aliphatic carbocycles. The van der Waals surface area contributed by atoms with Gasteiger partial charge in [-0.05, 0) is 146 Å². The van der Waals surface area contributed by atoms with Crippen LogP contribution < -0.4 is 10.2 Å². The number of amides is 1. The first kappa shape index (κ1) is 53.7. The summed E-state index contributed by atoms with van der Waals surface area (Å²) in [6.07, 6.45) is 13.4. The van der Waals surface area contributed by atoms with E-state index in [9.17, 15) is 36.7 Å². The zero-order valence-corrected chi connectivity index (χ0v) is 38.8. The van der Waals surface area contributed by atoms with Crippen LogP contribution in [0.3, 0.4) is 0 Å². The molecule has 368 valence electrons. The van der Waals surface area contributed by atoms with Crippen LogP contribution in [-0.2, 0) is 41.7 Å². The second kappa shape index (κ2) is 26.5. The zero-order chi connectivity index (χ0) is 48.5. The number of hydrogen-bond donors (Lipinski definition) is 2. The maximum atomic E-state index is 14.8. The first-order valence-corrected chi connectivity index (χ1v) is 22.7. The summed E-state index contributed by atoms with van der Waals surface area (Å²) in [5.41, 5.74) is 1.33. The van der Waals surface area contributed by atoms with Crippen LogP contribution in [0, 0.1) is 58.8 Å². The lowest BCUT2D eigenvalue weighted by Gasteiger charge is -2.30. The predicted octanol–water partition coefficient (Wildman–Crippen LogP) is 13.8. The minimum absolute atomic E-state index is 0. The van der Waals surface area contributed by atoms with Crippen LogP contribution in [0.2, 0.25) is 0 Å². The van der Waals surface area contributed by atoms with Gasteiger partial charge in [0.25, 0.3) is 0 Å². The van der Waals surface area contributed by atoms with Gasteiger partial charge < -0.3 is 24.8 Å². The molecule has 0 saturated heterocycles. The molecule has 4 fully saturated rings. The molecule has 4 aromatic rings. The smallest absolute Gasteiger partial charge is 0.330 e. The number of benzene rings is 4. The van der Waals surface area contributed by atoms with Crippen molar-refractivity contribution in [1.29, 1.82) is 0 Å². The standard InChI is InChI=1S/C25H24BrF2NO3.C17H14BrF2NO2.C8H12O2.3CH4/c1-32-24(30)7-3-16-9-20(27)13-21(10-16)29(14-18-5-6-19(26)12-23(18)28)25(31)22-11-15-2-4-17(22)8-15;1-23-17(22)5-2-11-6-14(19)9-15(7-11)21-10-12-3-4-13(18)8-16(12)20;9-8(10)7-4-5-1-2-6(7)3-5;;;/h3,5-7,9-10,12-13,15,17,22H,2,4,8,11,14H2,1H3;2-9,21H,10H2,1H3;5-7H,1-4H2,(H,9,10);3*1H4/b7-3+;5-2+;;;;/i14D;10D;;;;. The number of ether oxygens (including phenoxy) is 2. The molecule has 0 spiro atoms. The number of carboxylic acids is 1. The summed E-state index contributed by atoms with van der Waals surface area (Å²) in [4.78, 5) is 48.1. The average Bonchev–Trinajstić information content (AvgIpc) is 4.12. The Labute approximate surface area is 417 Å². The molecule has 4 bridgehead atoms. The maximum Gasteiger partial charge on any atom is 0.330 e. The largest absolute Gasteiger partial charge is 0.481 e. The fourth-order valence-corrected chi connectivity index (χ4v) is 9.82. The van der Waals surface area contributed by atoms with Crippen molar-refractivity contribution in [2.45, 2.75) is 86.7 Å². The monoisotopic (exact) mass is 1070 g/mol. The van der Waals surface area contributed by atoms with Crippen molar-refractivity contribution in [2.75, 3.05) is 24.4 Å². The van der Waals surface area contributed by atoms with Gasteiger partial charge in [-0.3, -0.25) is 9.59 Å². The number of nitrogens with zero attached hydrogens (tertiary/aromatic N) is 1. The van der Waals surface area contributed by atoms with Crippen molar-refractivity contribution in [1.82, 2.24) is 0 Å². The lowest BCUT2D eigenvalue weighted by Crippen LogP contribution is -2.38. The van der Waals surface area contributed by atoms with Gasteiger partial charge in [0.2, 0.25) is 5.91 Å². The highest BCUT2D eigenvalue weighted by Gasteiger charge is 2.45. The molecule has 1 amide bonds. The Kier molecular flexibility index (Phi) is 20.9. The number of carbonyl (C=O) groups is 4. The van der Waals surface area contributed by atoms with Gasteiger partial charge in [-0.15, -0.1) is 0 Å². The lowest BCUT2D eigenvalue weighted by molar-refractivity contribution is -0.143. The number of esters is 2. The molecule has 8 rings (SSSR count). The highest BCUT2D eigenvalue weighted by molar-refractivity contribution is 9.10. The second-order valence-electron chi connectivity index (χ2n) is 16.6. The summed E-state index contributed by atoms with van der Waals surface area (Å²) in [6.45, 7) is -2.51. The van der Waals surface area contributed by atoms with Gasteiger partial charge >= 0.3 is 17.9 Å². The van der Waals surface area contributed by atoms with Gasteiger partial charge in [0, 0.05) is 56.0 Å². The van der Waals surface area contributed by atoms with Gasteiger partial charge in [-0.25, -0.2) is 27.2 Å². The molecule has 4 aliphatic rings. The summed E-state index contributed by atoms with van der Waals surface area (Å²) < 4.78 is 83.8. The summed E-state index contributed by atoms with van der Waals surface area (Å²) in [6, 6.07) is 16.5. The Morgan fingerprint density at radius 2 is 1.19 bits per heavy atom. The van der Waals surface area contributed by atoms with Crippen LogP contribution in [-0.4, -0.2) is 43.1 Å². The fraction of sp³-hybridized carbons (Fsp3) is 0.396. The van der Waals surface area contributed by atoms with E-state index in [-0.39, 0.29) is 62.8 Å². The van der Waals surface area contributed by atoms with Crippen molar-refractivity contribution in [3.63, 3.8) is 0 Å². The van der Waals surface area contributed by atoms with Crippen LogP contribution >= 0.6 is 31.9 Å². The Bertz CT molecular complexity index is 2530. The van der Waals surface area contributed by atoms with Crippen LogP contribution in [0.5, 0.6) is 0 Å². The SMILES string of the molecule is C.C.C.O=C(O)C1CC2CCC1C2.[2H]C(Nc1cc(F)cc(/C=C/C(=O)OC)c1)c1ccc(Br)cc1F.[2H]C(c1ccc(Br)cc1F)N(C(=O)C1CC2CCC1C2)c1cc(F)cc(/C=C/C(=O)OC)c1. The van der Waals surface area contributed by atoms with Crippen LogP contribution in [0.15, 0.2) is 93.9 Å². The summed E-state index contributed by atoms with van der Waals surface area (Å²) in [7, 11) is 2.47. The first-order valence-electron chi connectivity index (χ1n) is 22.3. The zero-order valence-electron chi connectivity index (χ0n) is 37.6. The molecule has 9 nitrogen and oxygen atoms in total. The van der Waals surface area contributed by atoms with E-state index in [1.807, 2.05) is 0 Å². The van der Waals surface area contributed by atoms with Gasteiger partial charge in [-0.1, -0.05) is 79.1 Å². The van der Waals surface area contributed by atoms with Crippen molar-refractivity contribution in [2.24, 2.45) is 35.5 Å². The second-order valence-corrected chi connectivity index (χ2v) is 18.4. The molecule has 15 heteroatoms. The van der Waals surface area contributed by atoms with E-state index >= 15 is 0 Å². The Balaban J connectivity index is 0.000000306. The van der Waals surface area contributed by atoms with E-state index < -0.39 is 54.2 Å². The van der Waals surface area contributed by atoms with Crippen molar-refractivity contribution >= 4 is 79.2 Å². The molecule has 0 aliphatic heterocycles. The summed E-state index contributed by atoms with van der Waals surface area (Å²) in [5.74, 6) is -2.62. The number of nitrogens with one attached hydrogen (secondary N) is 1. The molecule has 8 unspecified atom stereocenters. The van der Waals surface area contributed by atoms with Gasteiger partial charge in [0.1, 0.15) is 23.3 Å². The number of fused-ring (bicyclic) bond motifs is 4. The van der Waals surface area contributed by atoms with Gasteiger partial charge in [-0.2, -0.15) is 0 Å². The van der Waals surface area contributed by atoms with Crippen LogP contribution in [0.1, 0.15) is 98.6 Å². The van der Waals surface area contributed by atoms with Crippen molar-refractivity contribution in [3.05, 3.63) is 139 Å². The molecule has 2 N–H and O–H groups in total. The van der Waals surface area contributed by atoms with Gasteiger partial charge in [0.05, 0.1) is 29.4 Å². The predicted molar refractivity (Wildman–Crippen MR) is 267 cm³/mol.